The summed E-state index contributed by atoms with van der Waals surface area (Å²) in [5.74, 6) is -0.967. The fourth-order valence-corrected chi connectivity index (χ4v) is 2.29. The normalized spacial score (nSPS) is 12.1. The quantitative estimate of drug-likeness (QED) is 0.500. The van der Waals surface area contributed by atoms with Crippen molar-refractivity contribution in [2.75, 3.05) is 5.43 Å². The van der Waals surface area contributed by atoms with Crippen LogP contribution < -0.4 is 5.43 Å². The minimum atomic E-state index is -4.61. The molecule has 1 aromatic heterocycles. The molecule has 0 amide bonds. The Morgan fingerprint density at radius 3 is 2.67 bits per heavy atom. The molecule has 21 heavy (non-hydrogen) atoms. The van der Waals surface area contributed by atoms with E-state index in [1.165, 1.54) is 11.3 Å². The molecule has 0 bridgehead atoms. The number of hydrogen-bond donors (Lipinski definition) is 1. The standard InChI is InChI=1S/C12H8ClF4N3S/c1-6-5-21-11(19-6)20-18-4-7-2-8(12(15,16)17)3-9(13)10(7)14/h2-5H,1H3,(H,19,20). The largest absolute Gasteiger partial charge is 0.416 e. The van der Waals surface area contributed by atoms with Crippen LogP contribution in [-0.4, -0.2) is 11.2 Å². The van der Waals surface area contributed by atoms with Gasteiger partial charge in [-0.05, 0) is 19.1 Å². The van der Waals surface area contributed by atoms with Crippen molar-refractivity contribution in [1.82, 2.24) is 4.98 Å². The number of aromatic nitrogens is 1. The van der Waals surface area contributed by atoms with Crippen molar-refractivity contribution in [2.45, 2.75) is 13.1 Å². The van der Waals surface area contributed by atoms with Crippen LogP contribution in [0.25, 0.3) is 0 Å². The Labute approximate surface area is 126 Å². The van der Waals surface area contributed by atoms with Crippen LogP contribution in [-0.2, 0) is 6.18 Å². The SMILES string of the molecule is Cc1csc(NN=Cc2cc(C(F)(F)F)cc(Cl)c2F)n1. The van der Waals surface area contributed by atoms with Gasteiger partial charge in [-0.1, -0.05) is 11.6 Å². The topological polar surface area (TPSA) is 37.3 Å². The van der Waals surface area contributed by atoms with Crippen LogP contribution in [0.15, 0.2) is 22.6 Å². The first-order valence-electron chi connectivity index (χ1n) is 5.55. The van der Waals surface area contributed by atoms with E-state index in [9.17, 15) is 17.6 Å². The summed E-state index contributed by atoms with van der Waals surface area (Å²) in [6.07, 6.45) is -3.69. The van der Waals surface area contributed by atoms with E-state index in [-0.39, 0.29) is 5.56 Å². The Morgan fingerprint density at radius 1 is 1.38 bits per heavy atom. The predicted octanol–water partition coefficient (Wildman–Crippen LogP) is 4.71. The Bertz CT molecular complexity index is 682. The number of rotatable bonds is 3. The van der Waals surface area contributed by atoms with Crippen molar-refractivity contribution in [3.63, 3.8) is 0 Å². The van der Waals surface area contributed by atoms with Gasteiger partial charge in [-0.3, -0.25) is 5.43 Å². The lowest BCUT2D eigenvalue weighted by Gasteiger charge is -2.09. The van der Waals surface area contributed by atoms with Crippen LogP contribution in [0.2, 0.25) is 5.02 Å². The van der Waals surface area contributed by atoms with E-state index in [4.69, 9.17) is 11.6 Å². The molecule has 0 saturated heterocycles. The van der Waals surface area contributed by atoms with Gasteiger partial charge in [-0.25, -0.2) is 9.37 Å². The molecule has 0 radical (unpaired) electrons. The maximum atomic E-state index is 13.7. The number of hydrazone groups is 1. The third-order valence-electron chi connectivity index (χ3n) is 2.37. The number of alkyl halides is 3. The van der Waals surface area contributed by atoms with Gasteiger partial charge >= 0.3 is 6.18 Å². The molecule has 0 aliphatic heterocycles. The van der Waals surface area contributed by atoms with Crippen LogP contribution >= 0.6 is 22.9 Å². The van der Waals surface area contributed by atoms with Crippen LogP contribution in [0, 0.1) is 12.7 Å². The van der Waals surface area contributed by atoms with Crippen LogP contribution in [0.5, 0.6) is 0 Å². The second-order valence-electron chi connectivity index (χ2n) is 4.02. The lowest BCUT2D eigenvalue weighted by atomic mass is 10.1. The number of aryl methyl sites for hydroxylation is 1. The second kappa shape index (κ2) is 5.98. The zero-order valence-electron chi connectivity index (χ0n) is 10.5. The summed E-state index contributed by atoms with van der Waals surface area (Å²) in [5, 5.41) is 5.25. The van der Waals surface area contributed by atoms with E-state index in [0.29, 0.717) is 17.3 Å². The molecule has 2 rings (SSSR count). The van der Waals surface area contributed by atoms with Crippen LogP contribution in [0.3, 0.4) is 0 Å². The van der Waals surface area contributed by atoms with Gasteiger partial charge in [0.25, 0.3) is 0 Å². The van der Waals surface area contributed by atoms with Gasteiger partial charge in [-0.15, -0.1) is 11.3 Å². The lowest BCUT2D eigenvalue weighted by molar-refractivity contribution is -0.137. The first kappa shape index (κ1) is 15.7. The number of hydrogen-bond acceptors (Lipinski definition) is 4. The Hall–Kier alpha value is -1.67. The third-order valence-corrected chi connectivity index (χ3v) is 3.51. The van der Waals surface area contributed by atoms with Crippen molar-refractivity contribution < 1.29 is 17.6 Å². The van der Waals surface area contributed by atoms with Crippen molar-refractivity contribution in [2.24, 2.45) is 5.10 Å². The Morgan fingerprint density at radius 2 is 2.10 bits per heavy atom. The smallest absolute Gasteiger partial charge is 0.253 e. The summed E-state index contributed by atoms with van der Waals surface area (Å²) in [5.41, 5.74) is 1.87. The molecular weight excluding hydrogens is 330 g/mol. The number of thiazole rings is 1. The highest BCUT2D eigenvalue weighted by Crippen LogP contribution is 2.33. The molecule has 3 nitrogen and oxygen atoms in total. The molecule has 0 unspecified atom stereocenters. The molecule has 0 spiro atoms. The van der Waals surface area contributed by atoms with E-state index >= 15 is 0 Å². The zero-order chi connectivity index (χ0) is 15.6. The number of nitrogens with one attached hydrogen (secondary N) is 1. The monoisotopic (exact) mass is 337 g/mol. The number of benzene rings is 1. The molecular formula is C12H8ClF4N3S. The minimum absolute atomic E-state index is 0.365. The molecule has 2 aromatic rings. The molecule has 1 aromatic carbocycles. The van der Waals surface area contributed by atoms with Crippen molar-refractivity contribution in [1.29, 1.82) is 0 Å². The summed E-state index contributed by atoms with van der Waals surface area (Å²) in [7, 11) is 0. The molecule has 0 saturated carbocycles. The summed E-state index contributed by atoms with van der Waals surface area (Å²) in [4.78, 5) is 4.03. The van der Waals surface area contributed by atoms with Crippen LogP contribution in [0.4, 0.5) is 22.7 Å². The third kappa shape index (κ3) is 3.92. The van der Waals surface area contributed by atoms with Gasteiger partial charge in [0.2, 0.25) is 5.13 Å². The summed E-state index contributed by atoms with van der Waals surface area (Å²) < 4.78 is 51.5. The van der Waals surface area contributed by atoms with E-state index < -0.39 is 22.6 Å². The first-order chi connectivity index (χ1) is 9.77. The van der Waals surface area contributed by atoms with Gasteiger partial charge in [0.1, 0.15) is 0 Å². The molecule has 0 aliphatic carbocycles. The maximum Gasteiger partial charge on any atom is 0.416 e. The van der Waals surface area contributed by atoms with Gasteiger partial charge in [0, 0.05) is 10.9 Å². The van der Waals surface area contributed by atoms with Gasteiger partial charge in [0.05, 0.1) is 22.5 Å². The van der Waals surface area contributed by atoms with Gasteiger partial charge in [-0.2, -0.15) is 18.3 Å². The maximum absolute atomic E-state index is 13.7. The van der Waals surface area contributed by atoms with E-state index in [2.05, 4.69) is 15.5 Å². The number of anilines is 1. The minimum Gasteiger partial charge on any atom is -0.253 e. The van der Waals surface area contributed by atoms with Crippen molar-refractivity contribution in [3.8, 4) is 0 Å². The fraction of sp³-hybridized carbons (Fsp3) is 0.167. The molecule has 1 N–H and O–H groups in total. The highest BCUT2D eigenvalue weighted by molar-refractivity contribution is 7.13. The Balaban J connectivity index is 2.24. The molecule has 0 fully saturated rings. The van der Waals surface area contributed by atoms with Crippen molar-refractivity contribution >= 4 is 34.3 Å². The average Bonchev–Trinajstić information content (AvgIpc) is 2.79. The van der Waals surface area contributed by atoms with Crippen molar-refractivity contribution in [3.05, 3.63) is 45.2 Å². The second-order valence-corrected chi connectivity index (χ2v) is 5.29. The summed E-state index contributed by atoms with van der Waals surface area (Å²) in [6.45, 7) is 1.78. The molecule has 1 heterocycles. The van der Waals surface area contributed by atoms with Crippen LogP contribution in [0.1, 0.15) is 16.8 Å². The highest BCUT2D eigenvalue weighted by Gasteiger charge is 2.32. The molecule has 9 heteroatoms. The number of nitrogens with zero attached hydrogens (tertiary/aromatic N) is 2. The predicted molar refractivity (Wildman–Crippen MR) is 74.5 cm³/mol. The molecule has 112 valence electrons. The Kier molecular flexibility index (Phi) is 4.48. The fourth-order valence-electron chi connectivity index (χ4n) is 1.43. The van der Waals surface area contributed by atoms with E-state index in [1.807, 2.05) is 0 Å². The number of halogens is 5. The van der Waals surface area contributed by atoms with Gasteiger partial charge in [0.15, 0.2) is 5.82 Å². The molecule has 0 aliphatic rings. The first-order valence-corrected chi connectivity index (χ1v) is 6.80. The lowest BCUT2D eigenvalue weighted by Crippen LogP contribution is -2.07. The highest BCUT2D eigenvalue weighted by atomic mass is 35.5. The summed E-state index contributed by atoms with van der Waals surface area (Å²) in [6, 6.07) is 1.17. The zero-order valence-corrected chi connectivity index (χ0v) is 12.1. The van der Waals surface area contributed by atoms with E-state index in [0.717, 1.165) is 11.9 Å². The molecule has 0 atom stereocenters. The van der Waals surface area contributed by atoms with Gasteiger partial charge < -0.3 is 0 Å². The van der Waals surface area contributed by atoms with E-state index in [1.54, 1.807) is 12.3 Å². The average molecular weight is 338 g/mol. The summed E-state index contributed by atoms with van der Waals surface area (Å²) >= 11 is 6.72.